The monoisotopic (exact) mass is 368 g/mol. The molecule has 0 heterocycles. The molecule has 0 amide bonds. The Morgan fingerprint density at radius 2 is 1.30 bits per heavy atom. The molecule has 0 aromatic heterocycles. The third-order valence-corrected chi connectivity index (χ3v) is 3.98. The number of rotatable bonds is 9. The van der Waals surface area contributed by atoms with Gasteiger partial charge in [-0.3, -0.25) is 4.79 Å². The van der Waals surface area contributed by atoms with Crippen molar-refractivity contribution in [3.05, 3.63) is 59.2 Å². The number of ether oxygens (including phenoxy) is 4. The van der Waals surface area contributed by atoms with Crippen molar-refractivity contribution in [2.24, 2.45) is 0 Å². The van der Waals surface area contributed by atoms with Crippen LogP contribution in [0.2, 0.25) is 0 Å². The second-order valence-electron chi connectivity index (χ2n) is 5.67. The average Bonchev–Trinajstić information content (AvgIpc) is 2.72. The van der Waals surface area contributed by atoms with Crippen LogP contribution in [0.4, 0.5) is 0 Å². The molecule has 0 fully saturated rings. The van der Waals surface area contributed by atoms with Crippen LogP contribution in [0.5, 0.6) is 23.0 Å². The number of hydrogen-bond acceptors (Lipinski definition) is 5. The molecule has 0 saturated carbocycles. The smallest absolute Gasteiger partial charge is 0.161 e. The topological polar surface area (TPSA) is 54.0 Å². The van der Waals surface area contributed by atoms with Gasteiger partial charge in [0.2, 0.25) is 0 Å². The van der Waals surface area contributed by atoms with Crippen LogP contribution < -0.4 is 18.9 Å². The fraction of sp³-hybridized carbons (Fsp3) is 0.227. The van der Waals surface area contributed by atoms with Crippen LogP contribution in [0.3, 0.4) is 0 Å². The van der Waals surface area contributed by atoms with Crippen LogP contribution in [0.1, 0.15) is 17.5 Å². The summed E-state index contributed by atoms with van der Waals surface area (Å²) >= 11 is 0. The summed E-state index contributed by atoms with van der Waals surface area (Å²) in [7, 11) is 6.37. The molecule has 0 spiro atoms. The predicted octanol–water partition coefficient (Wildman–Crippen LogP) is 4.41. The van der Waals surface area contributed by atoms with Crippen LogP contribution in [-0.2, 0) is 4.79 Å². The number of methoxy groups -OCH3 is 4. The third-order valence-electron chi connectivity index (χ3n) is 3.98. The summed E-state index contributed by atoms with van der Waals surface area (Å²) in [6, 6.07) is 11.2. The molecule has 0 N–H and O–H groups in total. The van der Waals surface area contributed by atoms with Gasteiger partial charge in [-0.2, -0.15) is 0 Å². The number of carbonyl (C=O) groups is 1. The van der Waals surface area contributed by atoms with Crippen LogP contribution in [0, 0.1) is 0 Å². The van der Waals surface area contributed by atoms with E-state index >= 15 is 0 Å². The Bertz CT molecular complexity index is 837. The zero-order valence-corrected chi connectivity index (χ0v) is 16.0. The minimum absolute atomic E-state index is 0.506. The van der Waals surface area contributed by atoms with E-state index < -0.39 is 0 Å². The Kier molecular flexibility index (Phi) is 7.49. The first kappa shape index (κ1) is 20.1. The lowest BCUT2D eigenvalue weighted by atomic mass is 10.1. The Labute approximate surface area is 159 Å². The lowest BCUT2D eigenvalue weighted by Crippen LogP contribution is -1.91. The molecule has 142 valence electrons. The minimum atomic E-state index is 0.506. The largest absolute Gasteiger partial charge is 0.493 e. The second kappa shape index (κ2) is 10.1. The van der Waals surface area contributed by atoms with Gasteiger partial charge in [0.1, 0.15) is 6.29 Å². The Hall–Kier alpha value is -3.21. The molecule has 2 aromatic carbocycles. The summed E-state index contributed by atoms with van der Waals surface area (Å²) < 4.78 is 21.0. The predicted molar refractivity (Wildman–Crippen MR) is 107 cm³/mol. The van der Waals surface area contributed by atoms with E-state index in [2.05, 4.69) is 0 Å². The highest BCUT2D eigenvalue weighted by Gasteiger charge is 2.05. The van der Waals surface area contributed by atoms with Gasteiger partial charge < -0.3 is 18.9 Å². The normalized spacial score (nSPS) is 11.3. The van der Waals surface area contributed by atoms with E-state index in [1.165, 1.54) is 0 Å². The molecule has 0 aliphatic rings. The zero-order valence-electron chi connectivity index (χ0n) is 16.0. The van der Waals surface area contributed by atoms with Gasteiger partial charge in [-0.25, -0.2) is 0 Å². The quantitative estimate of drug-likeness (QED) is 0.485. The van der Waals surface area contributed by atoms with Crippen LogP contribution >= 0.6 is 0 Å². The molecule has 5 nitrogen and oxygen atoms in total. The van der Waals surface area contributed by atoms with Gasteiger partial charge in [-0.1, -0.05) is 24.3 Å². The molecule has 5 heteroatoms. The van der Waals surface area contributed by atoms with E-state index in [4.69, 9.17) is 18.9 Å². The molecule has 2 aromatic rings. The number of benzene rings is 2. The van der Waals surface area contributed by atoms with Gasteiger partial charge in [0, 0.05) is 0 Å². The van der Waals surface area contributed by atoms with Crippen LogP contribution in [0.15, 0.2) is 48.0 Å². The number of aldehydes is 1. The van der Waals surface area contributed by atoms with Crippen LogP contribution in [-0.4, -0.2) is 34.7 Å². The summed E-state index contributed by atoms with van der Waals surface area (Å²) in [5.41, 5.74) is 2.48. The maximum Gasteiger partial charge on any atom is 0.161 e. The molecule has 0 saturated heterocycles. The molecule has 0 radical (unpaired) electrons. The first-order valence-corrected chi connectivity index (χ1v) is 8.41. The van der Waals surface area contributed by atoms with Gasteiger partial charge in [0.15, 0.2) is 23.0 Å². The molecule has 0 aliphatic carbocycles. The molecule has 2 rings (SSSR count). The fourth-order valence-electron chi connectivity index (χ4n) is 2.59. The van der Waals surface area contributed by atoms with Gasteiger partial charge in [0.05, 0.1) is 28.4 Å². The maximum atomic E-state index is 11.4. The number of hydrogen-bond donors (Lipinski definition) is 0. The van der Waals surface area contributed by atoms with E-state index in [1.54, 1.807) is 28.4 Å². The summed E-state index contributed by atoms with van der Waals surface area (Å²) in [5, 5.41) is 0. The van der Waals surface area contributed by atoms with E-state index in [0.29, 0.717) is 35.0 Å². The SMILES string of the molecule is COc1ccc(/C=C(\C=O)C/C=C/c2ccc(OC)c(OC)c2)cc1OC. The van der Waals surface area contributed by atoms with E-state index in [9.17, 15) is 4.79 Å². The highest BCUT2D eigenvalue weighted by atomic mass is 16.5. The molecular formula is C22H24O5. The molecule has 0 aliphatic heterocycles. The highest BCUT2D eigenvalue weighted by Crippen LogP contribution is 2.29. The van der Waals surface area contributed by atoms with Crippen LogP contribution in [0.25, 0.3) is 12.2 Å². The second-order valence-corrected chi connectivity index (χ2v) is 5.67. The maximum absolute atomic E-state index is 11.4. The Balaban J connectivity index is 2.14. The first-order chi connectivity index (χ1) is 13.1. The van der Waals surface area contributed by atoms with Gasteiger partial charge in [-0.15, -0.1) is 0 Å². The Morgan fingerprint density at radius 3 is 1.81 bits per heavy atom. The molecule has 27 heavy (non-hydrogen) atoms. The van der Waals surface area contributed by atoms with Crippen molar-refractivity contribution in [3.8, 4) is 23.0 Å². The summed E-state index contributed by atoms with van der Waals surface area (Å²) in [4.78, 5) is 11.4. The van der Waals surface area contributed by atoms with Crippen molar-refractivity contribution < 1.29 is 23.7 Å². The first-order valence-electron chi connectivity index (χ1n) is 8.41. The molecular weight excluding hydrogens is 344 g/mol. The van der Waals surface area contributed by atoms with Crippen molar-refractivity contribution in [2.75, 3.05) is 28.4 Å². The van der Waals surface area contributed by atoms with Crippen molar-refractivity contribution in [3.63, 3.8) is 0 Å². The van der Waals surface area contributed by atoms with E-state index in [1.807, 2.05) is 54.6 Å². The molecule has 0 unspecified atom stereocenters. The standard InChI is InChI=1S/C22H24O5/c1-24-19-10-8-16(13-21(19)26-3)6-5-7-18(15-23)12-17-9-11-20(25-2)22(14-17)27-4/h5-6,8-15H,7H2,1-4H3/b6-5+,18-12-. The molecule has 0 atom stereocenters. The highest BCUT2D eigenvalue weighted by molar-refractivity contribution is 5.82. The van der Waals surface area contributed by atoms with E-state index in [-0.39, 0.29) is 0 Å². The molecule has 0 bridgehead atoms. The van der Waals surface area contributed by atoms with Gasteiger partial charge in [-0.05, 0) is 53.5 Å². The third kappa shape index (κ3) is 5.38. The zero-order chi connectivity index (χ0) is 19.6. The van der Waals surface area contributed by atoms with Crippen molar-refractivity contribution >= 4 is 18.4 Å². The summed E-state index contributed by atoms with van der Waals surface area (Å²) in [6.45, 7) is 0. The summed E-state index contributed by atoms with van der Waals surface area (Å²) in [5.74, 6) is 2.61. The Morgan fingerprint density at radius 1 is 0.778 bits per heavy atom. The number of carbonyl (C=O) groups excluding carboxylic acids is 1. The van der Waals surface area contributed by atoms with Crippen molar-refractivity contribution in [2.45, 2.75) is 6.42 Å². The van der Waals surface area contributed by atoms with Gasteiger partial charge >= 0.3 is 0 Å². The summed E-state index contributed by atoms with van der Waals surface area (Å²) in [6.07, 6.45) is 7.06. The average molecular weight is 368 g/mol. The van der Waals surface area contributed by atoms with Crippen molar-refractivity contribution in [1.82, 2.24) is 0 Å². The number of allylic oxidation sites excluding steroid dienone is 2. The van der Waals surface area contributed by atoms with Crippen molar-refractivity contribution in [1.29, 1.82) is 0 Å². The van der Waals surface area contributed by atoms with Gasteiger partial charge in [0.25, 0.3) is 0 Å². The fourth-order valence-corrected chi connectivity index (χ4v) is 2.59. The van der Waals surface area contributed by atoms with E-state index in [0.717, 1.165) is 17.4 Å². The minimum Gasteiger partial charge on any atom is -0.493 e. The lowest BCUT2D eigenvalue weighted by Gasteiger charge is -2.08. The lowest BCUT2D eigenvalue weighted by molar-refractivity contribution is -0.104.